The largest absolute Gasteiger partial charge is 0.380 e. The molecule has 26 heavy (non-hydrogen) atoms. The van der Waals surface area contributed by atoms with Gasteiger partial charge in [-0.05, 0) is 38.3 Å². The molecule has 148 valence electrons. The summed E-state index contributed by atoms with van der Waals surface area (Å²) in [5.41, 5.74) is 7.08. The molecule has 2 N–H and O–H groups in total. The second-order valence-corrected chi connectivity index (χ2v) is 6.90. The molecule has 1 aromatic heterocycles. The van der Waals surface area contributed by atoms with E-state index in [4.69, 9.17) is 10.5 Å². The maximum Gasteiger partial charge on any atom is 0.225 e. The van der Waals surface area contributed by atoms with Gasteiger partial charge in [0.2, 0.25) is 5.91 Å². The average molecular weight is 405 g/mol. The molecule has 8 heteroatoms. The zero-order valence-corrected chi connectivity index (χ0v) is 17.1. The molecule has 2 heterocycles. The Labute approximate surface area is 168 Å². The number of anilines is 1. The topological polar surface area (TPSA) is 71.7 Å². The standard InChI is InChI=1S/C18H28N4O2.2ClH/c1-13-4-3-5-17(20-13)21-8-10-22(11-9-21)18(23)14-6-7-15(19)16(12-14)24-2;;/h3-5,14-16H,6-12,19H2,1-2H3;2*1H/t14-,15+,16+;;/m0../s1. The van der Waals surface area contributed by atoms with Crippen LogP contribution in [0.2, 0.25) is 0 Å². The maximum atomic E-state index is 12.8. The van der Waals surface area contributed by atoms with Gasteiger partial charge in [-0.1, -0.05) is 6.07 Å². The van der Waals surface area contributed by atoms with Gasteiger partial charge < -0.3 is 20.3 Å². The third-order valence-corrected chi connectivity index (χ3v) is 5.28. The lowest BCUT2D eigenvalue weighted by atomic mass is 9.83. The molecule has 1 aliphatic heterocycles. The van der Waals surface area contributed by atoms with E-state index in [0.29, 0.717) is 0 Å². The molecule has 3 rings (SSSR count). The molecule has 2 fully saturated rings. The number of nitrogens with two attached hydrogens (primary N) is 1. The second-order valence-electron chi connectivity index (χ2n) is 6.90. The SMILES string of the molecule is CO[C@@H]1C[C@@H](C(=O)N2CCN(c3cccc(C)n3)CC2)CC[C@H]1N.Cl.Cl. The summed E-state index contributed by atoms with van der Waals surface area (Å²) in [7, 11) is 1.69. The van der Waals surface area contributed by atoms with Crippen molar-refractivity contribution in [2.24, 2.45) is 11.7 Å². The Hall–Kier alpha value is -1.08. The minimum Gasteiger partial charge on any atom is -0.380 e. The quantitative estimate of drug-likeness (QED) is 0.833. The highest BCUT2D eigenvalue weighted by Crippen LogP contribution is 2.27. The molecule has 6 nitrogen and oxygen atoms in total. The monoisotopic (exact) mass is 404 g/mol. The van der Waals surface area contributed by atoms with E-state index in [1.165, 1.54) is 0 Å². The molecule has 1 aromatic rings. The van der Waals surface area contributed by atoms with E-state index in [2.05, 4.69) is 9.88 Å². The van der Waals surface area contributed by atoms with Gasteiger partial charge in [0, 0.05) is 50.9 Å². The third-order valence-electron chi connectivity index (χ3n) is 5.28. The minimum atomic E-state index is 0. The Bertz CT molecular complexity index is 582. The molecule has 1 amide bonds. The van der Waals surface area contributed by atoms with Crippen LogP contribution < -0.4 is 10.6 Å². The van der Waals surface area contributed by atoms with Crippen LogP contribution in [-0.2, 0) is 9.53 Å². The zero-order chi connectivity index (χ0) is 17.1. The highest BCUT2D eigenvalue weighted by molar-refractivity contribution is 5.85. The minimum absolute atomic E-state index is 0. The summed E-state index contributed by atoms with van der Waals surface area (Å²) < 4.78 is 5.44. The lowest BCUT2D eigenvalue weighted by Crippen LogP contribution is -2.52. The van der Waals surface area contributed by atoms with Gasteiger partial charge in [0.1, 0.15) is 5.82 Å². The number of aryl methyl sites for hydroxylation is 1. The number of hydrogen-bond donors (Lipinski definition) is 1. The first-order valence-electron chi connectivity index (χ1n) is 8.84. The van der Waals surface area contributed by atoms with Gasteiger partial charge in [-0.15, -0.1) is 24.8 Å². The number of rotatable bonds is 3. The van der Waals surface area contributed by atoms with E-state index < -0.39 is 0 Å². The fourth-order valence-electron chi connectivity index (χ4n) is 3.77. The number of halogens is 2. The molecule has 0 unspecified atom stereocenters. The third kappa shape index (κ3) is 5.22. The molecular formula is C18H30Cl2N4O2. The van der Waals surface area contributed by atoms with E-state index in [9.17, 15) is 4.79 Å². The van der Waals surface area contributed by atoms with Crippen LogP contribution in [0.4, 0.5) is 5.82 Å². The van der Waals surface area contributed by atoms with Crippen molar-refractivity contribution in [1.82, 2.24) is 9.88 Å². The number of amides is 1. The number of carbonyl (C=O) groups excluding carboxylic acids is 1. The fraction of sp³-hybridized carbons (Fsp3) is 0.667. The van der Waals surface area contributed by atoms with Crippen LogP contribution in [-0.4, -0.2) is 61.2 Å². The summed E-state index contributed by atoms with van der Waals surface area (Å²) >= 11 is 0. The normalized spacial score (nSPS) is 25.9. The summed E-state index contributed by atoms with van der Waals surface area (Å²) in [5.74, 6) is 1.32. The first-order valence-corrected chi connectivity index (χ1v) is 8.84. The Morgan fingerprint density at radius 1 is 1.19 bits per heavy atom. The van der Waals surface area contributed by atoms with Crippen LogP contribution in [0.15, 0.2) is 18.2 Å². The second kappa shape index (κ2) is 10.3. The summed E-state index contributed by atoms with van der Waals surface area (Å²) in [6, 6.07) is 6.13. The van der Waals surface area contributed by atoms with E-state index in [1.54, 1.807) is 7.11 Å². The van der Waals surface area contributed by atoms with Crippen LogP contribution in [0.5, 0.6) is 0 Å². The summed E-state index contributed by atoms with van der Waals surface area (Å²) in [6.07, 6.45) is 2.49. The molecule has 3 atom stereocenters. The van der Waals surface area contributed by atoms with Gasteiger partial charge in [-0.3, -0.25) is 4.79 Å². The summed E-state index contributed by atoms with van der Waals surface area (Å²) in [6.45, 7) is 5.19. The van der Waals surface area contributed by atoms with Gasteiger partial charge in [0.15, 0.2) is 0 Å². The summed E-state index contributed by atoms with van der Waals surface area (Å²) in [5, 5.41) is 0. The van der Waals surface area contributed by atoms with Crippen LogP contribution in [0.1, 0.15) is 25.0 Å². The first-order chi connectivity index (χ1) is 11.6. The van der Waals surface area contributed by atoms with Gasteiger partial charge in [-0.2, -0.15) is 0 Å². The maximum absolute atomic E-state index is 12.8. The van der Waals surface area contributed by atoms with Crippen molar-refractivity contribution in [3.63, 3.8) is 0 Å². The predicted octanol–water partition coefficient (Wildman–Crippen LogP) is 2.02. The van der Waals surface area contributed by atoms with E-state index >= 15 is 0 Å². The number of methoxy groups -OCH3 is 1. The van der Waals surface area contributed by atoms with Crippen molar-refractivity contribution in [2.45, 2.75) is 38.3 Å². The molecule has 0 radical (unpaired) electrons. The van der Waals surface area contributed by atoms with Crippen molar-refractivity contribution < 1.29 is 9.53 Å². The zero-order valence-electron chi connectivity index (χ0n) is 15.5. The Kier molecular flexibility index (Phi) is 9.10. The Balaban J connectivity index is 0.00000169. The number of carbonyl (C=O) groups is 1. The number of piperazine rings is 1. The lowest BCUT2D eigenvalue weighted by Gasteiger charge is -2.39. The van der Waals surface area contributed by atoms with Crippen molar-refractivity contribution in [2.75, 3.05) is 38.2 Å². The van der Waals surface area contributed by atoms with Gasteiger partial charge >= 0.3 is 0 Å². The van der Waals surface area contributed by atoms with E-state index in [0.717, 1.165) is 57.0 Å². The molecule has 0 bridgehead atoms. The number of pyridine rings is 1. The van der Waals surface area contributed by atoms with Gasteiger partial charge in [0.05, 0.1) is 6.10 Å². The number of nitrogens with zero attached hydrogens (tertiary/aromatic N) is 3. The van der Waals surface area contributed by atoms with Crippen molar-refractivity contribution >= 4 is 36.5 Å². The smallest absolute Gasteiger partial charge is 0.225 e. The first kappa shape index (κ1) is 23.0. The van der Waals surface area contributed by atoms with Gasteiger partial charge in [-0.25, -0.2) is 4.98 Å². The number of hydrogen-bond acceptors (Lipinski definition) is 5. The average Bonchev–Trinajstić information content (AvgIpc) is 2.62. The van der Waals surface area contributed by atoms with Crippen LogP contribution >= 0.6 is 24.8 Å². The predicted molar refractivity (Wildman–Crippen MR) is 108 cm³/mol. The molecule has 0 aromatic carbocycles. The van der Waals surface area contributed by atoms with Crippen LogP contribution in [0, 0.1) is 12.8 Å². The van der Waals surface area contributed by atoms with Crippen LogP contribution in [0.3, 0.4) is 0 Å². The molecule has 2 aliphatic rings. The van der Waals surface area contributed by atoms with Crippen molar-refractivity contribution in [1.29, 1.82) is 0 Å². The molecule has 1 aliphatic carbocycles. The fourth-order valence-corrected chi connectivity index (χ4v) is 3.77. The Morgan fingerprint density at radius 3 is 2.50 bits per heavy atom. The van der Waals surface area contributed by atoms with Crippen LogP contribution in [0.25, 0.3) is 0 Å². The molecule has 0 spiro atoms. The highest BCUT2D eigenvalue weighted by Gasteiger charge is 2.35. The number of aromatic nitrogens is 1. The van der Waals surface area contributed by atoms with Crippen molar-refractivity contribution in [3.05, 3.63) is 23.9 Å². The molecular weight excluding hydrogens is 375 g/mol. The number of ether oxygens (including phenoxy) is 1. The molecule has 1 saturated heterocycles. The Morgan fingerprint density at radius 2 is 1.88 bits per heavy atom. The van der Waals surface area contributed by atoms with Crippen molar-refractivity contribution in [3.8, 4) is 0 Å². The van der Waals surface area contributed by atoms with Gasteiger partial charge in [0.25, 0.3) is 0 Å². The van der Waals surface area contributed by atoms with E-state index in [-0.39, 0.29) is 48.8 Å². The summed E-state index contributed by atoms with van der Waals surface area (Å²) in [4.78, 5) is 21.6. The lowest BCUT2D eigenvalue weighted by molar-refractivity contribution is -0.138. The van der Waals surface area contributed by atoms with E-state index in [1.807, 2.05) is 30.0 Å². The molecule has 1 saturated carbocycles. The highest BCUT2D eigenvalue weighted by atomic mass is 35.5.